The number of hydrogen-bond donors (Lipinski definition) is 1. The molecule has 0 unspecified atom stereocenters. The number of amides is 1. The number of hydrogen-bond acceptors (Lipinski definition) is 6. The van der Waals surface area contributed by atoms with Crippen molar-refractivity contribution < 1.29 is 23.5 Å². The van der Waals surface area contributed by atoms with Gasteiger partial charge in [-0.2, -0.15) is 0 Å². The number of ether oxygens (including phenoxy) is 2. The Balaban J connectivity index is 1.46. The molecule has 1 N–H and O–H groups in total. The first-order chi connectivity index (χ1) is 13.1. The van der Waals surface area contributed by atoms with Gasteiger partial charge in [0.2, 0.25) is 0 Å². The summed E-state index contributed by atoms with van der Waals surface area (Å²) >= 11 is 0. The summed E-state index contributed by atoms with van der Waals surface area (Å²) in [5, 5.41) is 3.15. The van der Waals surface area contributed by atoms with Gasteiger partial charge in [0.15, 0.2) is 6.61 Å². The quantitative estimate of drug-likeness (QED) is 0.391. The Labute approximate surface area is 154 Å². The van der Waals surface area contributed by atoms with Crippen LogP contribution in [0.4, 0.5) is 0 Å². The molecule has 0 aliphatic rings. The van der Waals surface area contributed by atoms with E-state index in [4.69, 9.17) is 13.9 Å². The zero-order chi connectivity index (χ0) is 19.1. The molecule has 0 bridgehead atoms. The van der Waals surface area contributed by atoms with Crippen molar-refractivity contribution in [3.05, 3.63) is 76.6 Å². The zero-order valence-corrected chi connectivity index (χ0v) is 14.3. The van der Waals surface area contributed by atoms with Crippen molar-refractivity contribution in [3.8, 4) is 5.75 Å². The molecule has 138 valence electrons. The fraction of sp³-hybridized carbons (Fsp3) is 0.150. The normalized spacial score (nSPS) is 10.4. The molecule has 1 aromatic heterocycles. The number of para-hydroxylation sites is 2. The summed E-state index contributed by atoms with van der Waals surface area (Å²) in [6.45, 7) is 0.0256. The highest BCUT2D eigenvalue weighted by atomic mass is 16.5. The van der Waals surface area contributed by atoms with Gasteiger partial charge in [-0.15, -0.1) is 0 Å². The first kappa shape index (κ1) is 18.2. The van der Waals surface area contributed by atoms with Gasteiger partial charge in [-0.1, -0.05) is 36.4 Å². The Morgan fingerprint density at radius 2 is 1.74 bits per heavy atom. The molecule has 27 heavy (non-hydrogen) atoms. The molecule has 1 heterocycles. The SMILES string of the molecule is O=C(COC(=O)c1cc2ccccc2oc1=O)NCCOc1ccccc1. The number of carbonyl (C=O) groups is 2. The Morgan fingerprint density at radius 3 is 2.56 bits per heavy atom. The van der Waals surface area contributed by atoms with Gasteiger partial charge in [0.05, 0.1) is 6.54 Å². The number of benzene rings is 2. The van der Waals surface area contributed by atoms with Gasteiger partial charge >= 0.3 is 11.6 Å². The summed E-state index contributed by atoms with van der Waals surface area (Å²) in [6, 6.07) is 17.3. The summed E-state index contributed by atoms with van der Waals surface area (Å²) in [6.07, 6.45) is 0. The van der Waals surface area contributed by atoms with Crippen LogP contribution in [0.1, 0.15) is 10.4 Å². The topological polar surface area (TPSA) is 94.8 Å². The second-order valence-corrected chi connectivity index (χ2v) is 5.57. The van der Waals surface area contributed by atoms with E-state index in [2.05, 4.69) is 5.32 Å². The lowest BCUT2D eigenvalue weighted by atomic mass is 10.2. The maximum atomic E-state index is 12.0. The van der Waals surface area contributed by atoms with Crippen LogP contribution in [0.15, 0.2) is 69.9 Å². The Hall–Kier alpha value is -3.61. The fourth-order valence-corrected chi connectivity index (χ4v) is 2.34. The monoisotopic (exact) mass is 367 g/mol. The molecule has 0 radical (unpaired) electrons. The third-order valence-corrected chi connectivity index (χ3v) is 3.63. The number of fused-ring (bicyclic) bond motifs is 1. The van der Waals surface area contributed by atoms with Gasteiger partial charge in [-0.25, -0.2) is 9.59 Å². The molecule has 0 saturated carbocycles. The molecule has 0 aliphatic heterocycles. The van der Waals surface area contributed by atoms with Gasteiger partial charge in [-0.05, 0) is 24.3 Å². The lowest BCUT2D eigenvalue weighted by Gasteiger charge is -2.08. The van der Waals surface area contributed by atoms with Crippen LogP contribution in [0.2, 0.25) is 0 Å². The molecule has 0 saturated heterocycles. The van der Waals surface area contributed by atoms with Crippen molar-refractivity contribution in [1.29, 1.82) is 0 Å². The molecular weight excluding hydrogens is 350 g/mol. The molecule has 1 amide bonds. The Morgan fingerprint density at radius 1 is 1.00 bits per heavy atom. The average Bonchev–Trinajstić information content (AvgIpc) is 2.69. The summed E-state index contributed by atoms with van der Waals surface area (Å²) in [4.78, 5) is 35.7. The molecule has 2 aromatic carbocycles. The number of rotatable bonds is 7. The number of carbonyl (C=O) groups excluding carboxylic acids is 2. The predicted octanol–water partition coefficient (Wildman–Crippen LogP) is 2.15. The van der Waals surface area contributed by atoms with E-state index < -0.39 is 24.1 Å². The van der Waals surface area contributed by atoms with Crippen molar-refractivity contribution in [3.63, 3.8) is 0 Å². The highest BCUT2D eigenvalue weighted by molar-refractivity contribution is 5.94. The molecule has 7 nitrogen and oxygen atoms in total. The van der Waals surface area contributed by atoms with Crippen LogP contribution in [0.25, 0.3) is 11.0 Å². The van der Waals surface area contributed by atoms with Gasteiger partial charge in [0, 0.05) is 5.39 Å². The smallest absolute Gasteiger partial charge is 0.351 e. The summed E-state index contributed by atoms with van der Waals surface area (Å²) in [5.74, 6) is -0.711. The van der Waals surface area contributed by atoms with Crippen LogP contribution in [0.5, 0.6) is 5.75 Å². The van der Waals surface area contributed by atoms with Gasteiger partial charge in [-0.3, -0.25) is 4.79 Å². The first-order valence-electron chi connectivity index (χ1n) is 8.28. The highest BCUT2D eigenvalue weighted by Gasteiger charge is 2.16. The number of nitrogens with one attached hydrogen (secondary N) is 1. The Kier molecular flexibility index (Phi) is 5.84. The van der Waals surface area contributed by atoms with Crippen LogP contribution in [-0.2, 0) is 9.53 Å². The minimum Gasteiger partial charge on any atom is -0.492 e. The van der Waals surface area contributed by atoms with Crippen LogP contribution >= 0.6 is 0 Å². The molecule has 3 rings (SSSR count). The summed E-state index contributed by atoms with van der Waals surface area (Å²) in [5.41, 5.74) is -0.695. The Bertz CT molecular complexity index is 996. The maximum Gasteiger partial charge on any atom is 0.351 e. The van der Waals surface area contributed by atoms with Crippen LogP contribution < -0.4 is 15.7 Å². The van der Waals surface area contributed by atoms with Crippen molar-refractivity contribution in [1.82, 2.24) is 5.32 Å². The third kappa shape index (κ3) is 4.94. The zero-order valence-electron chi connectivity index (χ0n) is 14.3. The van der Waals surface area contributed by atoms with Gasteiger partial charge in [0.1, 0.15) is 23.5 Å². The lowest BCUT2D eigenvalue weighted by molar-refractivity contribution is -0.124. The van der Waals surface area contributed by atoms with Crippen molar-refractivity contribution in [2.45, 2.75) is 0 Å². The minimum absolute atomic E-state index is 0.253. The van der Waals surface area contributed by atoms with Crippen LogP contribution in [0.3, 0.4) is 0 Å². The van der Waals surface area contributed by atoms with E-state index in [1.807, 2.05) is 18.2 Å². The standard InChI is InChI=1S/C20H17NO6/c22-18(21-10-11-25-15-7-2-1-3-8-15)13-26-19(23)16-12-14-6-4-5-9-17(14)27-20(16)24/h1-9,12H,10-11,13H2,(H,21,22). The van der Waals surface area contributed by atoms with E-state index in [1.54, 1.807) is 36.4 Å². The minimum atomic E-state index is -0.912. The maximum absolute atomic E-state index is 12.0. The van der Waals surface area contributed by atoms with E-state index >= 15 is 0 Å². The molecule has 3 aromatic rings. The predicted molar refractivity (Wildman–Crippen MR) is 97.7 cm³/mol. The largest absolute Gasteiger partial charge is 0.492 e. The van der Waals surface area contributed by atoms with Crippen molar-refractivity contribution >= 4 is 22.8 Å². The van der Waals surface area contributed by atoms with E-state index in [0.717, 1.165) is 0 Å². The van der Waals surface area contributed by atoms with Gasteiger partial charge in [0.25, 0.3) is 5.91 Å². The van der Waals surface area contributed by atoms with Crippen molar-refractivity contribution in [2.24, 2.45) is 0 Å². The van der Waals surface area contributed by atoms with Gasteiger partial charge < -0.3 is 19.2 Å². The van der Waals surface area contributed by atoms with Crippen LogP contribution in [-0.4, -0.2) is 31.6 Å². The van der Waals surface area contributed by atoms with E-state index in [1.165, 1.54) is 6.07 Å². The molecule has 0 spiro atoms. The molecule has 7 heteroatoms. The van der Waals surface area contributed by atoms with Crippen LogP contribution in [0, 0.1) is 0 Å². The molecule has 0 atom stereocenters. The third-order valence-electron chi connectivity index (χ3n) is 3.63. The molecular formula is C20H17NO6. The second-order valence-electron chi connectivity index (χ2n) is 5.57. The van der Waals surface area contributed by atoms with Crippen molar-refractivity contribution in [2.75, 3.05) is 19.8 Å². The second kappa shape index (κ2) is 8.66. The van der Waals surface area contributed by atoms with E-state index in [-0.39, 0.29) is 18.7 Å². The lowest BCUT2D eigenvalue weighted by Crippen LogP contribution is -2.32. The van der Waals surface area contributed by atoms with E-state index in [0.29, 0.717) is 16.7 Å². The summed E-state index contributed by atoms with van der Waals surface area (Å²) in [7, 11) is 0. The first-order valence-corrected chi connectivity index (χ1v) is 8.28. The fourth-order valence-electron chi connectivity index (χ4n) is 2.34. The molecule has 0 fully saturated rings. The number of esters is 1. The highest BCUT2D eigenvalue weighted by Crippen LogP contribution is 2.13. The van der Waals surface area contributed by atoms with E-state index in [9.17, 15) is 14.4 Å². The summed E-state index contributed by atoms with van der Waals surface area (Å²) < 4.78 is 15.4. The average molecular weight is 367 g/mol. The molecule has 0 aliphatic carbocycles.